The maximum Gasteiger partial charge on any atom is 0.251 e. The van der Waals surface area contributed by atoms with Gasteiger partial charge in [0, 0.05) is 23.4 Å². The number of carbonyl (C=O) groups excluding carboxylic acids is 2. The molecule has 0 aliphatic heterocycles. The molecule has 0 saturated heterocycles. The molecule has 0 heterocycles. The number of nitrogens with two attached hydrogens (primary N) is 1. The van der Waals surface area contributed by atoms with Gasteiger partial charge in [0.2, 0.25) is 5.91 Å². The molecule has 146 valence electrons. The zero-order valence-corrected chi connectivity index (χ0v) is 16.5. The maximum atomic E-state index is 13.6. The third-order valence-electron chi connectivity index (χ3n) is 3.78. The topological polar surface area (TPSA) is 84.2 Å². The Bertz CT molecular complexity index is 759. The van der Waals surface area contributed by atoms with Gasteiger partial charge in [0.15, 0.2) is 0 Å². The Hall–Kier alpha value is -2.09. The molecule has 2 aromatic rings. The second kappa shape index (κ2) is 11.6. The summed E-state index contributed by atoms with van der Waals surface area (Å²) < 4.78 is 13.6. The van der Waals surface area contributed by atoms with Gasteiger partial charge in [0.05, 0.1) is 6.04 Å². The number of anilines is 1. The number of rotatable bonds is 8. The first-order valence-corrected chi connectivity index (χ1v) is 9.57. The van der Waals surface area contributed by atoms with Gasteiger partial charge in [-0.15, -0.1) is 12.4 Å². The summed E-state index contributed by atoms with van der Waals surface area (Å²) in [7, 11) is 0. The molecule has 0 aromatic heterocycles. The molecule has 2 aromatic carbocycles. The quantitative estimate of drug-likeness (QED) is 0.622. The fourth-order valence-electron chi connectivity index (χ4n) is 2.24. The molecule has 2 rings (SSSR count). The summed E-state index contributed by atoms with van der Waals surface area (Å²) in [5.74, 6) is -0.113. The normalized spacial score (nSPS) is 11.2. The van der Waals surface area contributed by atoms with Crippen LogP contribution in [0.3, 0.4) is 0 Å². The van der Waals surface area contributed by atoms with Crippen LogP contribution in [0.1, 0.15) is 22.3 Å². The van der Waals surface area contributed by atoms with Gasteiger partial charge in [-0.05, 0) is 48.8 Å². The maximum absolute atomic E-state index is 13.6. The van der Waals surface area contributed by atoms with Crippen LogP contribution in [0.25, 0.3) is 0 Å². The Kier molecular flexibility index (Phi) is 9.85. The molecule has 0 aliphatic rings. The van der Waals surface area contributed by atoms with E-state index in [4.69, 9.17) is 5.73 Å². The monoisotopic (exact) mass is 411 g/mol. The molecule has 0 fully saturated rings. The number of carbonyl (C=O) groups is 2. The summed E-state index contributed by atoms with van der Waals surface area (Å²) in [5, 5.41) is 5.40. The van der Waals surface area contributed by atoms with Crippen molar-refractivity contribution in [2.45, 2.75) is 19.0 Å². The second-order valence-corrected chi connectivity index (χ2v) is 6.71. The predicted octanol–water partition coefficient (Wildman–Crippen LogP) is 3.20. The minimum atomic E-state index is -0.564. The van der Waals surface area contributed by atoms with Gasteiger partial charge in [0.1, 0.15) is 5.82 Å². The zero-order chi connectivity index (χ0) is 18.9. The van der Waals surface area contributed by atoms with E-state index in [9.17, 15) is 14.0 Å². The molecule has 0 spiro atoms. The van der Waals surface area contributed by atoms with Crippen molar-refractivity contribution in [2.75, 3.05) is 17.3 Å². The Morgan fingerprint density at radius 3 is 2.44 bits per heavy atom. The highest BCUT2D eigenvalue weighted by Crippen LogP contribution is 2.11. The van der Waals surface area contributed by atoms with Crippen LogP contribution in [0.15, 0.2) is 48.5 Å². The first-order chi connectivity index (χ1) is 12.5. The Labute approximate surface area is 168 Å². The van der Waals surface area contributed by atoms with E-state index in [1.165, 1.54) is 6.07 Å². The number of amides is 2. The van der Waals surface area contributed by atoms with Gasteiger partial charge in [-0.3, -0.25) is 9.59 Å². The summed E-state index contributed by atoms with van der Waals surface area (Å²) in [6.45, 7) is 0.105. The van der Waals surface area contributed by atoms with Gasteiger partial charge >= 0.3 is 0 Å². The molecule has 0 radical (unpaired) electrons. The number of thioether (sulfide) groups is 1. The highest BCUT2D eigenvalue weighted by atomic mass is 35.5. The summed E-state index contributed by atoms with van der Waals surface area (Å²) in [5.41, 5.74) is 7.23. The highest BCUT2D eigenvalue weighted by Gasteiger charge is 2.13. The van der Waals surface area contributed by atoms with E-state index in [1.54, 1.807) is 54.2 Å². The third-order valence-corrected chi connectivity index (χ3v) is 4.43. The van der Waals surface area contributed by atoms with E-state index in [2.05, 4.69) is 10.6 Å². The van der Waals surface area contributed by atoms with Crippen LogP contribution in [0.5, 0.6) is 0 Å². The third kappa shape index (κ3) is 7.21. The zero-order valence-electron chi connectivity index (χ0n) is 14.9. The highest BCUT2D eigenvalue weighted by molar-refractivity contribution is 7.98. The van der Waals surface area contributed by atoms with Crippen LogP contribution in [0.4, 0.5) is 10.1 Å². The molecule has 2 amide bonds. The molecular weight excluding hydrogens is 389 g/mol. The van der Waals surface area contributed by atoms with Crippen molar-refractivity contribution in [1.29, 1.82) is 0 Å². The van der Waals surface area contributed by atoms with Crippen molar-refractivity contribution in [3.05, 3.63) is 65.5 Å². The lowest BCUT2D eigenvalue weighted by Gasteiger charge is -2.12. The average molecular weight is 412 g/mol. The number of nitrogens with one attached hydrogen (secondary N) is 2. The van der Waals surface area contributed by atoms with Gasteiger partial charge in [0.25, 0.3) is 5.91 Å². The fourth-order valence-corrected chi connectivity index (χ4v) is 2.72. The van der Waals surface area contributed by atoms with E-state index < -0.39 is 6.04 Å². The number of benzene rings is 2. The van der Waals surface area contributed by atoms with Crippen LogP contribution in [-0.2, 0) is 11.3 Å². The minimum absolute atomic E-state index is 0. The molecule has 4 N–H and O–H groups in total. The molecule has 27 heavy (non-hydrogen) atoms. The summed E-state index contributed by atoms with van der Waals surface area (Å²) >= 11 is 1.63. The van der Waals surface area contributed by atoms with E-state index in [1.807, 2.05) is 6.26 Å². The van der Waals surface area contributed by atoms with E-state index in [0.29, 0.717) is 23.2 Å². The van der Waals surface area contributed by atoms with E-state index >= 15 is 0 Å². The van der Waals surface area contributed by atoms with Crippen LogP contribution in [0, 0.1) is 5.82 Å². The number of halogens is 2. The fraction of sp³-hybridized carbons (Fsp3) is 0.263. The lowest BCUT2D eigenvalue weighted by Crippen LogP contribution is -2.36. The number of hydrogen-bond acceptors (Lipinski definition) is 4. The Morgan fingerprint density at radius 2 is 1.81 bits per heavy atom. The SMILES string of the molecule is CSCC[C@H](N)C(=O)Nc1ccc(C(=O)NCc2ccccc2F)cc1.Cl. The Balaban J connectivity index is 0.00000364. The lowest BCUT2D eigenvalue weighted by molar-refractivity contribution is -0.117. The molecule has 0 aliphatic carbocycles. The van der Waals surface area contributed by atoms with Crippen molar-refractivity contribution >= 4 is 41.7 Å². The second-order valence-electron chi connectivity index (χ2n) is 5.73. The largest absolute Gasteiger partial charge is 0.348 e. The van der Waals surface area contributed by atoms with E-state index in [-0.39, 0.29) is 36.6 Å². The van der Waals surface area contributed by atoms with Crippen LogP contribution in [0.2, 0.25) is 0 Å². The van der Waals surface area contributed by atoms with Crippen LogP contribution in [-0.4, -0.2) is 29.9 Å². The Morgan fingerprint density at radius 1 is 1.15 bits per heavy atom. The van der Waals surface area contributed by atoms with Crippen molar-refractivity contribution in [1.82, 2.24) is 5.32 Å². The van der Waals surface area contributed by atoms with Crippen molar-refractivity contribution in [2.24, 2.45) is 5.73 Å². The van der Waals surface area contributed by atoms with Gasteiger partial charge in [-0.1, -0.05) is 18.2 Å². The molecular formula is C19H23ClFN3O2S. The standard InChI is InChI=1S/C19H22FN3O2S.ClH/c1-26-11-10-17(21)19(25)23-15-8-6-13(7-9-15)18(24)22-12-14-4-2-3-5-16(14)20;/h2-9,17H,10-12,21H2,1H3,(H,22,24)(H,23,25);1H/t17-;/m0./s1. The van der Waals surface area contributed by atoms with Crippen molar-refractivity contribution in [3.63, 3.8) is 0 Å². The van der Waals surface area contributed by atoms with E-state index in [0.717, 1.165) is 5.75 Å². The first-order valence-electron chi connectivity index (χ1n) is 8.18. The van der Waals surface area contributed by atoms with Gasteiger partial charge < -0.3 is 16.4 Å². The van der Waals surface area contributed by atoms with Crippen LogP contribution >= 0.6 is 24.2 Å². The molecule has 1 atom stereocenters. The summed E-state index contributed by atoms with van der Waals surface area (Å²) in [6, 6.07) is 12.2. The first kappa shape index (κ1) is 23.0. The smallest absolute Gasteiger partial charge is 0.251 e. The van der Waals surface area contributed by atoms with Gasteiger partial charge in [-0.2, -0.15) is 11.8 Å². The molecule has 5 nitrogen and oxygen atoms in total. The molecule has 0 saturated carbocycles. The van der Waals surface area contributed by atoms with Crippen molar-refractivity contribution < 1.29 is 14.0 Å². The summed E-state index contributed by atoms with van der Waals surface area (Å²) in [4.78, 5) is 24.1. The average Bonchev–Trinajstić information content (AvgIpc) is 2.65. The summed E-state index contributed by atoms with van der Waals surface area (Å²) in [6.07, 6.45) is 2.56. The minimum Gasteiger partial charge on any atom is -0.348 e. The van der Waals surface area contributed by atoms with Gasteiger partial charge in [-0.25, -0.2) is 4.39 Å². The van der Waals surface area contributed by atoms with Crippen LogP contribution < -0.4 is 16.4 Å². The molecule has 0 bridgehead atoms. The molecule has 8 heteroatoms. The van der Waals surface area contributed by atoms with Crippen molar-refractivity contribution in [3.8, 4) is 0 Å². The lowest BCUT2D eigenvalue weighted by atomic mass is 10.1. The predicted molar refractivity (Wildman–Crippen MR) is 111 cm³/mol. The molecule has 0 unspecified atom stereocenters. The number of hydrogen-bond donors (Lipinski definition) is 3.